The van der Waals surface area contributed by atoms with Crippen LogP contribution in [0.1, 0.15) is 61.0 Å². The molecule has 24 heavy (non-hydrogen) atoms. The Bertz CT molecular complexity index is 682. The van der Waals surface area contributed by atoms with Crippen molar-refractivity contribution in [2.75, 3.05) is 0 Å². The number of halogens is 7. The Morgan fingerprint density at radius 2 is 1.71 bits per heavy atom. The SMILES string of the molecule is O[C@H]1c2c(C(F)(F)F)nn(C3CC4(C3)CC(F)(F)C4)c2[C@@H](F)[C@H]1F. The number of hydrogen-bond acceptors (Lipinski definition) is 2. The Labute approximate surface area is 131 Å². The molecule has 0 aliphatic heterocycles. The molecule has 0 radical (unpaired) electrons. The van der Waals surface area contributed by atoms with Crippen LogP contribution in [0.15, 0.2) is 0 Å². The van der Waals surface area contributed by atoms with E-state index in [1.165, 1.54) is 0 Å². The molecule has 0 amide bonds. The fourth-order valence-electron chi connectivity index (χ4n) is 4.43. The van der Waals surface area contributed by atoms with Crippen LogP contribution in [0, 0.1) is 5.41 Å². The maximum absolute atomic E-state index is 14.1. The van der Waals surface area contributed by atoms with Crippen molar-refractivity contribution in [3.63, 3.8) is 0 Å². The summed E-state index contributed by atoms with van der Waals surface area (Å²) in [5.41, 5.74) is -3.65. The van der Waals surface area contributed by atoms with Gasteiger partial charge in [-0.3, -0.25) is 4.68 Å². The predicted octanol–water partition coefficient (Wildman–Crippen LogP) is 4.05. The maximum atomic E-state index is 14.1. The second-order valence-electron chi connectivity index (χ2n) is 7.15. The van der Waals surface area contributed by atoms with Crippen molar-refractivity contribution in [2.24, 2.45) is 5.41 Å². The van der Waals surface area contributed by atoms with Crippen LogP contribution in [-0.2, 0) is 6.18 Å². The number of hydrogen-bond donors (Lipinski definition) is 1. The van der Waals surface area contributed by atoms with Crippen LogP contribution in [0.4, 0.5) is 30.7 Å². The fourth-order valence-corrected chi connectivity index (χ4v) is 4.43. The highest BCUT2D eigenvalue weighted by Gasteiger charge is 2.63. The van der Waals surface area contributed by atoms with Crippen molar-refractivity contribution in [3.8, 4) is 0 Å². The van der Waals surface area contributed by atoms with E-state index in [2.05, 4.69) is 5.10 Å². The van der Waals surface area contributed by atoms with Crippen LogP contribution < -0.4 is 0 Å². The zero-order valence-corrected chi connectivity index (χ0v) is 12.1. The summed E-state index contributed by atoms with van der Waals surface area (Å²) in [4.78, 5) is 0. The van der Waals surface area contributed by atoms with Gasteiger partial charge in [-0.25, -0.2) is 17.6 Å². The maximum Gasteiger partial charge on any atom is 0.435 e. The monoisotopic (exact) mass is 358 g/mol. The van der Waals surface area contributed by atoms with E-state index in [1.54, 1.807) is 0 Å². The van der Waals surface area contributed by atoms with Gasteiger partial charge in [-0.2, -0.15) is 18.3 Å². The van der Waals surface area contributed by atoms with Crippen LogP contribution in [-0.4, -0.2) is 27.0 Å². The molecule has 0 unspecified atom stereocenters. The molecule has 0 bridgehead atoms. The molecule has 3 nitrogen and oxygen atoms in total. The lowest BCUT2D eigenvalue weighted by atomic mass is 9.52. The summed E-state index contributed by atoms with van der Waals surface area (Å²) >= 11 is 0. The lowest BCUT2D eigenvalue weighted by Crippen LogP contribution is -2.54. The number of fused-ring (bicyclic) bond motifs is 1. The van der Waals surface area contributed by atoms with E-state index in [1.807, 2.05) is 0 Å². The third-order valence-corrected chi connectivity index (χ3v) is 5.34. The molecular formula is C14H13F7N2O. The Balaban J connectivity index is 1.68. The summed E-state index contributed by atoms with van der Waals surface area (Å²) in [5, 5.41) is 13.0. The lowest BCUT2D eigenvalue weighted by molar-refractivity contribution is -0.205. The Morgan fingerprint density at radius 1 is 1.12 bits per heavy atom. The van der Waals surface area contributed by atoms with E-state index < -0.39 is 59.0 Å². The summed E-state index contributed by atoms with van der Waals surface area (Å²) in [6, 6.07) is -0.693. The molecule has 4 rings (SSSR count). The predicted molar refractivity (Wildman–Crippen MR) is 65.8 cm³/mol. The summed E-state index contributed by atoms with van der Waals surface area (Å²) in [7, 11) is 0. The fraction of sp³-hybridized carbons (Fsp3) is 0.786. The third kappa shape index (κ3) is 2.04. The molecule has 1 N–H and O–H groups in total. The summed E-state index contributed by atoms with van der Waals surface area (Å²) in [6.45, 7) is 0. The molecule has 1 aromatic rings. The van der Waals surface area contributed by atoms with Crippen molar-refractivity contribution in [3.05, 3.63) is 17.0 Å². The molecule has 0 saturated heterocycles. The molecule has 10 heteroatoms. The van der Waals surface area contributed by atoms with Gasteiger partial charge >= 0.3 is 6.18 Å². The standard InChI is InChI=1S/C14H13F7N2O/c15-7-8(16)10(24)6-9(7)23(22-11(6)14(19,20)21)5-1-12(2-5)3-13(17,18)4-12/h5,7-8,10,24H,1-4H2/t7-,8+,10-/m0/s1. The highest BCUT2D eigenvalue weighted by molar-refractivity contribution is 5.39. The zero-order valence-electron chi connectivity index (χ0n) is 12.1. The molecule has 134 valence electrons. The van der Waals surface area contributed by atoms with E-state index in [9.17, 15) is 35.8 Å². The molecule has 1 aromatic heterocycles. The first-order valence-electron chi connectivity index (χ1n) is 7.48. The largest absolute Gasteiger partial charge is 0.435 e. The second kappa shape index (κ2) is 4.44. The van der Waals surface area contributed by atoms with Gasteiger partial charge in [0.2, 0.25) is 5.92 Å². The van der Waals surface area contributed by atoms with Gasteiger partial charge < -0.3 is 5.11 Å². The van der Waals surface area contributed by atoms with Crippen LogP contribution in [0.3, 0.4) is 0 Å². The average Bonchev–Trinajstić information content (AvgIpc) is 2.86. The Hall–Kier alpha value is -1.32. The highest BCUT2D eigenvalue weighted by atomic mass is 19.4. The quantitative estimate of drug-likeness (QED) is 0.770. The molecule has 0 aromatic carbocycles. The highest BCUT2D eigenvalue weighted by Crippen LogP contribution is 2.66. The van der Waals surface area contributed by atoms with E-state index in [0.29, 0.717) is 0 Å². The summed E-state index contributed by atoms with van der Waals surface area (Å²) < 4.78 is 93.7. The third-order valence-electron chi connectivity index (χ3n) is 5.34. The van der Waals surface area contributed by atoms with E-state index in [-0.39, 0.29) is 25.7 Å². The summed E-state index contributed by atoms with van der Waals surface area (Å²) in [6.07, 6.45) is -12.5. The van der Waals surface area contributed by atoms with Gasteiger partial charge in [0.25, 0.3) is 0 Å². The van der Waals surface area contributed by atoms with E-state index in [4.69, 9.17) is 0 Å². The topological polar surface area (TPSA) is 38.1 Å². The number of aliphatic hydroxyl groups excluding tert-OH is 1. The normalized spacial score (nSPS) is 34.1. The first-order chi connectivity index (χ1) is 10.9. The number of rotatable bonds is 1. The van der Waals surface area contributed by atoms with Crippen LogP contribution in [0.5, 0.6) is 0 Å². The van der Waals surface area contributed by atoms with Crippen LogP contribution >= 0.6 is 0 Å². The number of aromatic nitrogens is 2. The molecule has 3 aliphatic carbocycles. The van der Waals surface area contributed by atoms with E-state index >= 15 is 0 Å². The average molecular weight is 358 g/mol. The zero-order chi connectivity index (χ0) is 17.7. The Kier molecular flexibility index (Phi) is 2.99. The number of nitrogens with zero attached hydrogens (tertiary/aromatic N) is 2. The molecule has 2 saturated carbocycles. The van der Waals surface area contributed by atoms with Crippen molar-refractivity contribution >= 4 is 0 Å². The molecule has 1 spiro atoms. The van der Waals surface area contributed by atoms with Gasteiger partial charge in [0, 0.05) is 18.4 Å². The summed E-state index contributed by atoms with van der Waals surface area (Å²) in [5.74, 6) is -2.77. The van der Waals surface area contributed by atoms with Gasteiger partial charge in [0.05, 0.1) is 11.7 Å². The molecule has 3 atom stereocenters. The first-order valence-corrected chi connectivity index (χ1v) is 7.48. The number of aliphatic hydroxyl groups is 1. The lowest BCUT2D eigenvalue weighted by Gasteiger charge is -2.57. The smallest absolute Gasteiger partial charge is 0.385 e. The first kappa shape index (κ1) is 16.2. The van der Waals surface area contributed by atoms with Crippen LogP contribution in [0.2, 0.25) is 0 Å². The van der Waals surface area contributed by atoms with Gasteiger partial charge in [0.15, 0.2) is 18.0 Å². The van der Waals surface area contributed by atoms with Crippen molar-refractivity contribution in [1.29, 1.82) is 0 Å². The molecular weight excluding hydrogens is 345 g/mol. The van der Waals surface area contributed by atoms with E-state index in [0.717, 1.165) is 4.68 Å². The van der Waals surface area contributed by atoms with Crippen LogP contribution in [0.25, 0.3) is 0 Å². The van der Waals surface area contributed by atoms with Crippen molar-refractivity contribution in [2.45, 2.75) is 62.3 Å². The minimum Gasteiger partial charge on any atom is -0.385 e. The van der Waals surface area contributed by atoms with Gasteiger partial charge in [-0.15, -0.1) is 0 Å². The molecule has 2 fully saturated rings. The van der Waals surface area contributed by atoms with Gasteiger partial charge in [0.1, 0.15) is 6.10 Å². The molecule has 1 heterocycles. The van der Waals surface area contributed by atoms with Crippen molar-refractivity contribution in [1.82, 2.24) is 9.78 Å². The Morgan fingerprint density at radius 3 is 2.21 bits per heavy atom. The number of alkyl halides is 7. The van der Waals surface area contributed by atoms with Gasteiger partial charge in [-0.05, 0) is 18.3 Å². The second-order valence-corrected chi connectivity index (χ2v) is 7.15. The van der Waals surface area contributed by atoms with Crippen molar-refractivity contribution < 1.29 is 35.8 Å². The minimum atomic E-state index is -4.97. The minimum absolute atomic E-state index is 0.147. The molecule has 3 aliphatic rings. The van der Waals surface area contributed by atoms with Gasteiger partial charge in [-0.1, -0.05) is 0 Å².